The summed E-state index contributed by atoms with van der Waals surface area (Å²) >= 11 is 0. The number of Topliss-reactive ketones (excluding diaryl/α,β-unsaturated/α-hetero) is 1. The number of carbonyl (C=O) groups excluding carboxylic acids is 1. The van der Waals surface area contributed by atoms with Gasteiger partial charge < -0.3 is 4.57 Å². The van der Waals surface area contributed by atoms with Gasteiger partial charge in [0, 0.05) is 36.1 Å². The van der Waals surface area contributed by atoms with Gasteiger partial charge in [-0.3, -0.25) is 4.79 Å². The molecule has 2 aromatic carbocycles. The Hall–Kier alpha value is -2.42. The summed E-state index contributed by atoms with van der Waals surface area (Å²) in [6.45, 7) is 2.03. The normalized spacial score (nSPS) is 11.0. The molecule has 3 heteroatoms. The molecule has 21 heavy (non-hydrogen) atoms. The molecule has 0 radical (unpaired) electrons. The lowest BCUT2D eigenvalue weighted by molar-refractivity contribution is 0.0994. The van der Waals surface area contributed by atoms with E-state index in [1.807, 2.05) is 36.9 Å². The highest BCUT2D eigenvalue weighted by molar-refractivity contribution is 6.08. The van der Waals surface area contributed by atoms with E-state index in [0.29, 0.717) is 11.1 Å². The molecular weight excluding hydrogens is 265 g/mol. The second-order valence-electron chi connectivity index (χ2n) is 5.40. The minimum atomic E-state index is -0.311. The minimum absolute atomic E-state index is 0.00931. The predicted molar refractivity (Wildman–Crippen MR) is 82.1 cm³/mol. The molecule has 0 atom stereocenters. The van der Waals surface area contributed by atoms with Gasteiger partial charge in [0.1, 0.15) is 5.82 Å². The predicted octanol–water partition coefficient (Wildman–Crippen LogP) is 4.05. The molecule has 0 aliphatic heterocycles. The van der Waals surface area contributed by atoms with E-state index in [2.05, 4.69) is 6.07 Å². The minimum Gasteiger partial charge on any atom is -0.350 e. The third-order valence-corrected chi connectivity index (χ3v) is 3.70. The monoisotopic (exact) mass is 281 g/mol. The van der Waals surface area contributed by atoms with Crippen LogP contribution in [0, 0.1) is 12.7 Å². The molecule has 0 bridgehead atoms. The molecule has 0 amide bonds. The Morgan fingerprint density at radius 1 is 1.19 bits per heavy atom. The maximum atomic E-state index is 13.2. The molecule has 0 aliphatic rings. The zero-order valence-corrected chi connectivity index (χ0v) is 12.1. The highest BCUT2D eigenvalue weighted by atomic mass is 19.1. The summed E-state index contributed by atoms with van der Waals surface area (Å²) in [5, 5.41) is 0.949. The molecule has 0 aliphatic carbocycles. The number of halogens is 1. The van der Waals surface area contributed by atoms with Gasteiger partial charge in [-0.25, -0.2) is 4.39 Å². The van der Waals surface area contributed by atoms with Crippen molar-refractivity contribution in [2.24, 2.45) is 7.05 Å². The fourth-order valence-electron chi connectivity index (χ4n) is 2.64. The smallest absolute Gasteiger partial charge is 0.169 e. The number of ketones is 1. The van der Waals surface area contributed by atoms with Gasteiger partial charge in [-0.2, -0.15) is 0 Å². The number of hydrogen-bond acceptors (Lipinski definition) is 1. The second kappa shape index (κ2) is 5.17. The lowest BCUT2D eigenvalue weighted by Gasteiger charge is -2.01. The Morgan fingerprint density at radius 3 is 2.76 bits per heavy atom. The van der Waals surface area contributed by atoms with Crippen molar-refractivity contribution < 1.29 is 9.18 Å². The first-order valence-electron chi connectivity index (χ1n) is 6.88. The topological polar surface area (TPSA) is 22.0 Å². The van der Waals surface area contributed by atoms with E-state index in [1.165, 1.54) is 12.1 Å². The van der Waals surface area contributed by atoms with Crippen LogP contribution in [0.4, 0.5) is 4.39 Å². The highest BCUT2D eigenvalue weighted by Crippen LogP contribution is 2.23. The second-order valence-corrected chi connectivity index (χ2v) is 5.40. The molecule has 0 fully saturated rings. The van der Waals surface area contributed by atoms with Crippen LogP contribution in [0.2, 0.25) is 0 Å². The number of carbonyl (C=O) groups is 1. The van der Waals surface area contributed by atoms with E-state index in [4.69, 9.17) is 0 Å². The van der Waals surface area contributed by atoms with Crippen LogP contribution in [0.25, 0.3) is 10.9 Å². The van der Waals surface area contributed by atoms with Gasteiger partial charge >= 0.3 is 0 Å². The highest BCUT2D eigenvalue weighted by Gasteiger charge is 2.14. The summed E-state index contributed by atoms with van der Waals surface area (Å²) in [5.74, 6) is -0.302. The number of hydrogen-bond donors (Lipinski definition) is 0. The molecule has 3 rings (SSSR count). The van der Waals surface area contributed by atoms with Crippen LogP contribution < -0.4 is 0 Å². The molecule has 3 aromatic rings. The van der Waals surface area contributed by atoms with Gasteiger partial charge in [-0.15, -0.1) is 0 Å². The van der Waals surface area contributed by atoms with Gasteiger partial charge in [-0.1, -0.05) is 24.3 Å². The Kier molecular flexibility index (Phi) is 3.34. The van der Waals surface area contributed by atoms with Gasteiger partial charge in [0.05, 0.1) is 0 Å². The summed E-state index contributed by atoms with van der Waals surface area (Å²) in [6.07, 6.45) is 2.07. The van der Waals surface area contributed by atoms with Crippen LogP contribution in [-0.4, -0.2) is 10.4 Å². The molecule has 2 nitrogen and oxygen atoms in total. The Bertz CT molecular complexity index is 832. The number of fused-ring (bicyclic) bond motifs is 1. The van der Waals surface area contributed by atoms with Crippen molar-refractivity contribution >= 4 is 16.7 Å². The van der Waals surface area contributed by atoms with E-state index < -0.39 is 0 Å². The van der Waals surface area contributed by atoms with Crippen molar-refractivity contribution in [1.29, 1.82) is 0 Å². The average molecular weight is 281 g/mol. The molecule has 106 valence electrons. The molecule has 1 aromatic heterocycles. The van der Waals surface area contributed by atoms with Crippen molar-refractivity contribution in [2.45, 2.75) is 13.3 Å². The molecular formula is C18H16FNO. The quantitative estimate of drug-likeness (QED) is 0.664. The first kappa shape index (κ1) is 13.6. The zero-order valence-electron chi connectivity index (χ0n) is 12.1. The first-order valence-corrected chi connectivity index (χ1v) is 6.88. The molecule has 0 unspecified atom stereocenters. The summed E-state index contributed by atoms with van der Waals surface area (Å²) in [7, 11) is 1.93. The molecule has 0 spiro atoms. The summed E-state index contributed by atoms with van der Waals surface area (Å²) in [6, 6.07) is 12.2. The van der Waals surface area contributed by atoms with E-state index in [0.717, 1.165) is 16.5 Å². The zero-order chi connectivity index (χ0) is 15.0. The molecule has 0 saturated carbocycles. The van der Waals surface area contributed by atoms with Gasteiger partial charge in [0.2, 0.25) is 0 Å². The van der Waals surface area contributed by atoms with Crippen molar-refractivity contribution in [3.05, 3.63) is 71.2 Å². The summed E-state index contributed by atoms with van der Waals surface area (Å²) in [4.78, 5) is 12.5. The molecule has 0 N–H and O–H groups in total. The first-order chi connectivity index (χ1) is 10.0. The standard InChI is InChI=1S/C18H16FNO/c1-12-6-7-15-16(11-20(2)17(15)8-12)18(21)10-13-4-3-5-14(19)9-13/h3-9,11H,10H2,1-2H3. The fourth-order valence-corrected chi connectivity index (χ4v) is 2.64. The number of aryl methyl sites for hydroxylation is 2. The number of aromatic nitrogens is 1. The fraction of sp³-hybridized carbons (Fsp3) is 0.167. The largest absolute Gasteiger partial charge is 0.350 e. The van der Waals surface area contributed by atoms with Crippen molar-refractivity contribution in [1.82, 2.24) is 4.57 Å². The van der Waals surface area contributed by atoms with Crippen LogP contribution in [0.5, 0.6) is 0 Å². The lowest BCUT2D eigenvalue weighted by atomic mass is 10.0. The van der Waals surface area contributed by atoms with Crippen molar-refractivity contribution in [3.8, 4) is 0 Å². The lowest BCUT2D eigenvalue weighted by Crippen LogP contribution is -2.03. The number of rotatable bonds is 3. The number of benzene rings is 2. The van der Waals surface area contributed by atoms with Crippen LogP contribution in [0.3, 0.4) is 0 Å². The molecule has 1 heterocycles. The van der Waals surface area contributed by atoms with E-state index in [9.17, 15) is 9.18 Å². The maximum Gasteiger partial charge on any atom is 0.169 e. The Morgan fingerprint density at radius 2 is 2.00 bits per heavy atom. The van der Waals surface area contributed by atoms with E-state index in [-0.39, 0.29) is 18.0 Å². The molecule has 0 saturated heterocycles. The third-order valence-electron chi connectivity index (χ3n) is 3.70. The van der Waals surface area contributed by atoms with Crippen LogP contribution in [0.1, 0.15) is 21.5 Å². The summed E-state index contributed by atoms with van der Waals surface area (Å²) in [5.41, 5.74) is 3.59. The van der Waals surface area contributed by atoms with E-state index >= 15 is 0 Å². The number of nitrogens with zero attached hydrogens (tertiary/aromatic N) is 1. The van der Waals surface area contributed by atoms with Crippen LogP contribution >= 0.6 is 0 Å². The van der Waals surface area contributed by atoms with Crippen molar-refractivity contribution in [3.63, 3.8) is 0 Å². The van der Waals surface area contributed by atoms with Gasteiger partial charge in [0.25, 0.3) is 0 Å². The van der Waals surface area contributed by atoms with E-state index in [1.54, 1.807) is 12.1 Å². The van der Waals surface area contributed by atoms with Crippen LogP contribution in [-0.2, 0) is 13.5 Å². The van der Waals surface area contributed by atoms with Crippen LogP contribution in [0.15, 0.2) is 48.7 Å². The third kappa shape index (κ3) is 2.59. The average Bonchev–Trinajstić information content (AvgIpc) is 2.76. The maximum absolute atomic E-state index is 13.2. The van der Waals surface area contributed by atoms with Crippen molar-refractivity contribution in [2.75, 3.05) is 0 Å². The SMILES string of the molecule is Cc1ccc2c(C(=O)Cc3cccc(F)c3)cn(C)c2c1. The Balaban J connectivity index is 1.98. The van der Waals surface area contributed by atoms with Gasteiger partial charge in [-0.05, 0) is 36.2 Å². The summed E-state index contributed by atoms with van der Waals surface area (Å²) < 4.78 is 15.2. The van der Waals surface area contributed by atoms with Gasteiger partial charge in [0.15, 0.2) is 5.78 Å². The Labute approximate surface area is 122 Å².